The van der Waals surface area contributed by atoms with E-state index in [1.54, 1.807) is 16.7 Å². The van der Waals surface area contributed by atoms with Gasteiger partial charge in [-0.3, -0.25) is 9.36 Å². The van der Waals surface area contributed by atoms with E-state index >= 15 is 0 Å². The molecule has 20 heavy (non-hydrogen) atoms. The van der Waals surface area contributed by atoms with E-state index in [1.165, 1.54) is 12.1 Å². The van der Waals surface area contributed by atoms with Gasteiger partial charge in [0.15, 0.2) is 6.61 Å². The molecule has 100 valence electrons. The number of ether oxygens (including phenoxy) is 1. The summed E-state index contributed by atoms with van der Waals surface area (Å²) in [5.74, 6) is 0.167. The van der Waals surface area contributed by atoms with Gasteiger partial charge in [0.2, 0.25) is 0 Å². The summed E-state index contributed by atoms with van der Waals surface area (Å²) in [6, 6.07) is 6.38. The van der Waals surface area contributed by atoms with E-state index in [2.05, 4.69) is 4.98 Å². The summed E-state index contributed by atoms with van der Waals surface area (Å²) in [5.41, 5.74) is 0.719. The zero-order valence-electron chi connectivity index (χ0n) is 10.6. The molecule has 1 aromatic heterocycles. The number of nitrogens with zero attached hydrogens (tertiary/aromatic N) is 3. The van der Waals surface area contributed by atoms with Crippen LogP contribution in [0.5, 0.6) is 0 Å². The number of rotatable bonds is 2. The second-order valence-corrected chi connectivity index (χ2v) is 4.55. The Labute approximate surface area is 114 Å². The second kappa shape index (κ2) is 4.78. The third-order valence-corrected chi connectivity index (χ3v) is 3.32. The number of benzene rings is 1. The van der Waals surface area contributed by atoms with Crippen molar-refractivity contribution in [3.8, 4) is 6.07 Å². The molecule has 0 aliphatic carbocycles. The van der Waals surface area contributed by atoms with Crippen LogP contribution in [0.4, 0.5) is 0 Å². The lowest BCUT2D eigenvalue weighted by Gasteiger charge is -2.06. The zero-order chi connectivity index (χ0) is 14.1. The standard InChI is InChI=1S/C14H11N3O3/c15-5-7-20-14(19)9-3-4-10-11(8-9)16-12-2-1-6-17(12)13(10)18/h3-4,8H,1-2,6-7H2. The highest BCUT2D eigenvalue weighted by Gasteiger charge is 2.17. The van der Waals surface area contributed by atoms with Crippen LogP contribution in [0.1, 0.15) is 22.6 Å². The molecule has 6 heteroatoms. The normalized spacial score (nSPS) is 12.9. The fourth-order valence-electron chi connectivity index (χ4n) is 2.39. The summed E-state index contributed by atoms with van der Waals surface area (Å²) in [7, 11) is 0. The number of carbonyl (C=O) groups is 1. The lowest BCUT2D eigenvalue weighted by atomic mass is 10.1. The average molecular weight is 269 g/mol. The van der Waals surface area contributed by atoms with E-state index in [0.717, 1.165) is 18.7 Å². The van der Waals surface area contributed by atoms with Crippen LogP contribution in [0.2, 0.25) is 0 Å². The highest BCUT2D eigenvalue weighted by atomic mass is 16.5. The summed E-state index contributed by atoms with van der Waals surface area (Å²) < 4.78 is 6.41. The predicted octanol–water partition coefficient (Wildman–Crippen LogP) is 1.02. The van der Waals surface area contributed by atoms with Gasteiger partial charge in [-0.15, -0.1) is 0 Å². The molecule has 0 radical (unpaired) electrons. The van der Waals surface area contributed by atoms with Crippen molar-refractivity contribution in [3.05, 3.63) is 39.9 Å². The Kier molecular flexibility index (Phi) is 2.95. The monoisotopic (exact) mass is 269 g/mol. The quantitative estimate of drug-likeness (QED) is 0.760. The SMILES string of the molecule is N#CCOC(=O)c1ccc2c(=O)n3c(nc2c1)CCC3. The highest BCUT2D eigenvalue weighted by Crippen LogP contribution is 2.16. The highest BCUT2D eigenvalue weighted by molar-refractivity contribution is 5.94. The molecule has 0 saturated carbocycles. The molecular weight excluding hydrogens is 258 g/mol. The number of aromatic nitrogens is 2. The first-order valence-corrected chi connectivity index (χ1v) is 6.28. The molecular formula is C14H11N3O3. The van der Waals surface area contributed by atoms with Gasteiger partial charge < -0.3 is 4.74 Å². The molecule has 0 atom stereocenters. The molecule has 3 rings (SSSR count). The summed E-state index contributed by atoms with van der Waals surface area (Å²) in [6.07, 6.45) is 1.68. The molecule has 0 unspecified atom stereocenters. The van der Waals surface area contributed by atoms with E-state index in [0.29, 0.717) is 23.0 Å². The van der Waals surface area contributed by atoms with Crippen molar-refractivity contribution in [2.24, 2.45) is 0 Å². The molecule has 1 aromatic carbocycles. The summed E-state index contributed by atoms with van der Waals surface area (Å²) in [4.78, 5) is 28.3. The van der Waals surface area contributed by atoms with Gasteiger partial charge in [-0.05, 0) is 24.6 Å². The van der Waals surface area contributed by atoms with Gasteiger partial charge in [-0.1, -0.05) is 0 Å². The number of hydrogen-bond acceptors (Lipinski definition) is 5. The first-order chi connectivity index (χ1) is 9.70. The van der Waals surface area contributed by atoms with Gasteiger partial charge in [0.1, 0.15) is 11.9 Å². The molecule has 6 nitrogen and oxygen atoms in total. The van der Waals surface area contributed by atoms with Crippen molar-refractivity contribution >= 4 is 16.9 Å². The van der Waals surface area contributed by atoms with Crippen molar-refractivity contribution in [1.29, 1.82) is 5.26 Å². The maximum Gasteiger partial charge on any atom is 0.339 e. The third kappa shape index (κ3) is 1.93. The van der Waals surface area contributed by atoms with Crippen LogP contribution in [-0.4, -0.2) is 22.1 Å². The molecule has 0 spiro atoms. The van der Waals surface area contributed by atoms with Crippen molar-refractivity contribution in [2.45, 2.75) is 19.4 Å². The van der Waals surface area contributed by atoms with Gasteiger partial charge in [0, 0.05) is 13.0 Å². The number of aryl methyl sites for hydroxylation is 1. The van der Waals surface area contributed by atoms with Crippen LogP contribution in [0.15, 0.2) is 23.0 Å². The molecule has 2 heterocycles. The molecule has 0 N–H and O–H groups in total. The van der Waals surface area contributed by atoms with Gasteiger partial charge in [-0.2, -0.15) is 5.26 Å². The maximum absolute atomic E-state index is 12.2. The van der Waals surface area contributed by atoms with Gasteiger partial charge in [0.25, 0.3) is 5.56 Å². The van der Waals surface area contributed by atoms with Crippen molar-refractivity contribution in [3.63, 3.8) is 0 Å². The van der Waals surface area contributed by atoms with Crippen LogP contribution in [-0.2, 0) is 17.7 Å². The smallest absolute Gasteiger partial charge is 0.339 e. The van der Waals surface area contributed by atoms with Crippen LogP contribution in [0.25, 0.3) is 10.9 Å². The van der Waals surface area contributed by atoms with E-state index in [4.69, 9.17) is 10.00 Å². The van der Waals surface area contributed by atoms with Crippen molar-refractivity contribution in [2.75, 3.05) is 6.61 Å². The minimum Gasteiger partial charge on any atom is -0.447 e. The molecule has 1 aliphatic rings. The summed E-state index contributed by atoms with van der Waals surface area (Å²) >= 11 is 0. The first kappa shape index (κ1) is 12.4. The molecule has 1 aliphatic heterocycles. The minimum absolute atomic E-state index is 0.0700. The predicted molar refractivity (Wildman–Crippen MR) is 70.2 cm³/mol. The fraction of sp³-hybridized carbons (Fsp3) is 0.286. The lowest BCUT2D eigenvalue weighted by Crippen LogP contribution is -2.21. The molecule has 0 fully saturated rings. The van der Waals surface area contributed by atoms with Crippen LogP contribution in [0.3, 0.4) is 0 Å². The Morgan fingerprint density at radius 3 is 3.15 bits per heavy atom. The van der Waals surface area contributed by atoms with Crippen LogP contribution in [0, 0.1) is 11.3 Å². The van der Waals surface area contributed by atoms with Crippen molar-refractivity contribution in [1.82, 2.24) is 9.55 Å². The molecule has 2 aromatic rings. The maximum atomic E-state index is 12.2. The van der Waals surface area contributed by atoms with E-state index in [-0.39, 0.29) is 12.2 Å². The van der Waals surface area contributed by atoms with E-state index < -0.39 is 5.97 Å². The molecule has 0 saturated heterocycles. The van der Waals surface area contributed by atoms with Gasteiger partial charge >= 0.3 is 5.97 Å². The Morgan fingerprint density at radius 2 is 2.35 bits per heavy atom. The zero-order valence-corrected chi connectivity index (χ0v) is 10.6. The Balaban J connectivity index is 2.09. The first-order valence-electron chi connectivity index (χ1n) is 6.28. The number of esters is 1. The topological polar surface area (TPSA) is 85.0 Å². The Hall–Kier alpha value is -2.68. The van der Waals surface area contributed by atoms with E-state index in [9.17, 15) is 9.59 Å². The number of nitriles is 1. The van der Waals surface area contributed by atoms with Crippen LogP contribution < -0.4 is 5.56 Å². The fourth-order valence-corrected chi connectivity index (χ4v) is 2.39. The Bertz CT molecular complexity index is 802. The minimum atomic E-state index is -0.587. The molecule has 0 bridgehead atoms. The average Bonchev–Trinajstić information content (AvgIpc) is 2.93. The van der Waals surface area contributed by atoms with Gasteiger partial charge in [-0.25, -0.2) is 9.78 Å². The number of hydrogen-bond donors (Lipinski definition) is 0. The summed E-state index contributed by atoms with van der Waals surface area (Å²) in [6.45, 7) is 0.403. The third-order valence-electron chi connectivity index (χ3n) is 3.32. The largest absolute Gasteiger partial charge is 0.447 e. The molecule has 0 amide bonds. The van der Waals surface area contributed by atoms with Gasteiger partial charge in [0.05, 0.1) is 16.5 Å². The summed E-state index contributed by atoms with van der Waals surface area (Å²) in [5, 5.41) is 8.89. The second-order valence-electron chi connectivity index (χ2n) is 4.55. The lowest BCUT2D eigenvalue weighted by molar-refractivity contribution is 0.0555. The van der Waals surface area contributed by atoms with E-state index in [1.807, 2.05) is 0 Å². The number of fused-ring (bicyclic) bond motifs is 2. The van der Waals surface area contributed by atoms with Crippen LogP contribution >= 0.6 is 0 Å². The number of carbonyl (C=O) groups excluding carboxylic acids is 1. The Morgan fingerprint density at radius 1 is 1.50 bits per heavy atom. The van der Waals surface area contributed by atoms with Crippen molar-refractivity contribution < 1.29 is 9.53 Å².